The number of rotatable bonds is 6. The fourth-order valence-corrected chi connectivity index (χ4v) is 3.03. The molecular formula is C14H30N2O. The molecule has 17 heavy (non-hydrogen) atoms. The maximum Gasteiger partial charge on any atom is 0.0589 e. The molecule has 0 saturated heterocycles. The second kappa shape index (κ2) is 8.06. The average molecular weight is 242 g/mol. The van der Waals surface area contributed by atoms with Crippen LogP contribution in [0.5, 0.6) is 0 Å². The molecule has 2 atom stereocenters. The number of methoxy groups -OCH3 is 1. The molecule has 0 aromatic carbocycles. The molecule has 0 bridgehead atoms. The lowest BCUT2D eigenvalue weighted by atomic mass is 10.00. The Balaban J connectivity index is 2.66. The summed E-state index contributed by atoms with van der Waals surface area (Å²) in [6.45, 7) is 6.49. The van der Waals surface area contributed by atoms with Crippen molar-refractivity contribution in [2.24, 2.45) is 0 Å². The Hall–Kier alpha value is -0.120. The molecule has 102 valence electrons. The van der Waals surface area contributed by atoms with Gasteiger partial charge in [-0.05, 0) is 33.7 Å². The van der Waals surface area contributed by atoms with E-state index in [0.29, 0.717) is 18.1 Å². The molecule has 0 spiro atoms. The Morgan fingerprint density at radius 1 is 1.24 bits per heavy atom. The predicted molar refractivity (Wildman–Crippen MR) is 73.4 cm³/mol. The zero-order valence-electron chi connectivity index (χ0n) is 12.0. The van der Waals surface area contributed by atoms with Gasteiger partial charge in [0.1, 0.15) is 0 Å². The topological polar surface area (TPSA) is 24.5 Å². The second-order valence-electron chi connectivity index (χ2n) is 5.42. The van der Waals surface area contributed by atoms with Crippen LogP contribution >= 0.6 is 0 Å². The van der Waals surface area contributed by atoms with Crippen LogP contribution in [0.1, 0.15) is 46.0 Å². The van der Waals surface area contributed by atoms with Crippen LogP contribution in [0.25, 0.3) is 0 Å². The van der Waals surface area contributed by atoms with Gasteiger partial charge in [-0.15, -0.1) is 0 Å². The normalized spacial score (nSPS) is 26.5. The van der Waals surface area contributed by atoms with E-state index < -0.39 is 0 Å². The minimum atomic E-state index is 0.601. The average Bonchev–Trinajstić information content (AvgIpc) is 2.54. The van der Waals surface area contributed by atoms with Gasteiger partial charge in [0.25, 0.3) is 0 Å². The zero-order chi connectivity index (χ0) is 12.7. The number of hydrogen-bond acceptors (Lipinski definition) is 3. The molecule has 0 aromatic heterocycles. The summed E-state index contributed by atoms with van der Waals surface area (Å²) in [4.78, 5) is 2.62. The molecule has 0 aromatic rings. The summed E-state index contributed by atoms with van der Waals surface area (Å²) < 4.78 is 5.25. The van der Waals surface area contributed by atoms with Gasteiger partial charge in [0, 0.05) is 31.8 Å². The number of hydrogen-bond donors (Lipinski definition) is 1. The van der Waals surface area contributed by atoms with Crippen LogP contribution < -0.4 is 5.32 Å². The minimum absolute atomic E-state index is 0.601. The number of likely N-dealkylation sites (N-methyl/N-ethyl adjacent to an activating group) is 1. The summed E-state index contributed by atoms with van der Waals surface area (Å²) in [5.74, 6) is 0. The molecule has 0 aliphatic heterocycles. The molecule has 1 aliphatic rings. The van der Waals surface area contributed by atoms with Crippen molar-refractivity contribution in [3.05, 3.63) is 0 Å². The Morgan fingerprint density at radius 3 is 2.53 bits per heavy atom. The van der Waals surface area contributed by atoms with Crippen LogP contribution in [0.15, 0.2) is 0 Å². The molecule has 1 N–H and O–H groups in total. The monoisotopic (exact) mass is 242 g/mol. The van der Waals surface area contributed by atoms with Crippen molar-refractivity contribution in [3.8, 4) is 0 Å². The fraction of sp³-hybridized carbons (Fsp3) is 1.00. The quantitative estimate of drug-likeness (QED) is 0.723. The summed E-state index contributed by atoms with van der Waals surface area (Å²) in [5.41, 5.74) is 0. The van der Waals surface area contributed by atoms with Gasteiger partial charge in [0.15, 0.2) is 0 Å². The highest BCUT2D eigenvalue weighted by atomic mass is 16.5. The summed E-state index contributed by atoms with van der Waals surface area (Å²) in [5, 5.41) is 3.52. The highest BCUT2D eigenvalue weighted by Gasteiger charge is 2.29. The van der Waals surface area contributed by atoms with Crippen LogP contribution in [0.2, 0.25) is 0 Å². The standard InChI is InChI=1S/C14H30N2O/c1-12(2)16(10-11-17-4)14-9-7-5-6-8-13(14)15-3/h12-15H,5-11H2,1-4H3. The molecule has 2 unspecified atom stereocenters. The largest absolute Gasteiger partial charge is 0.383 e. The molecule has 3 heteroatoms. The molecule has 1 fully saturated rings. The van der Waals surface area contributed by atoms with Crippen molar-refractivity contribution < 1.29 is 4.74 Å². The fourth-order valence-electron chi connectivity index (χ4n) is 3.03. The Morgan fingerprint density at radius 2 is 1.94 bits per heavy atom. The van der Waals surface area contributed by atoms with Crippen LogP contribution in [0.4, 0.5) is 0 Å². The molecule has 0 radical (unpaired) electrons. The van der Waals surface area contributed by atoms with E-state index >= 15 is 0 Å². The summed E-state index contributed by atoms with van der Waals surface area (Å²) in [6, 6.07) is 1.93. The molecule has 3 nitrogen and oxygen atoms in total. The first-order chi connectivity index (χ1) is 8.20. The first-order valence-electron chi connectivity index (χ1n) is 7.12. The number of ether oxygens (including phenoxy) is 1. The van der Waals surface area contributed by atoms with Crippen molar-refractivity contribution in [1.82, 2.24) is 10.2 Å². The highest BCUT2D eigenvalue weighted by Crippen LogP contribution is 2.23. The Bertz CT molecular complexity index is 197. The van der Waals surface area contributed by atoms with Crippen LogP contribution in [0, 0.1) is 0 Å². The van der Waals surface area contributed by atoms with Crippen molar-refractivity contribution in [3.63, 3.8) is 0 Å². The van der Waals surface area contributed by atoms with Crippen molar-refractivity contribution in [2.75, 3.05) is 27.3 Å². The van der Waals surface area contributed by atoms with Gasteiger partial charge in [-0.2, -0.15) is 0 Å². The van der Waals surface area contributed by atoms with E-state index in [9.17, 15) is 0 Å². The van der Waals surface area contributed by atoms with E-state index in [4.69, 9.17) is 4.74 Å². The first kappa shape index (κ1) is 14.9. The van der Waals surface area contributed by atoms with E-state index in [1.54, 1.807) is 7.11 Å². The van der Waals surface area contributed by atoms with Gasteiger partial charge in [-0.3, -0.25) is 4.90 Å². The summed E-state index contributed by atoms with van der Waals surface area (Å²) in [6.07, 6.45) is 6.78. The molecule has 0 heterocycles. The third-order valence-electron chi connectivity index (χ3n) is 3.99. The molecular weight excluding hydrogens is 212 g/mol. The maximum atomic E-state index is 5.25. The van der Waals surface area contributed by atoms with Crippen LogP contribution in [-0.2, 0) is 4.74 Å². The number of nitrogens with zero attached hydrogens (tertiary/aromatic N) is 1. The van der Waals surface area contributed by atoms with Crippen molar-refractivity contribution in [1.29, 1.82) is 0 Å². The third-order valence-corrected chi connectivity index (χ3v) is 3.99. The van der Waals surface area contributed by atoms with Gasteiger partial charge in [0.2, 0.25) is 0 Å². The van der Waals surface area contributed by atoms with Gasteiger partial charge >= 0.3 is 0 Å². The van der Waals surface area contributed by atoms with E-state index in [0.717, 1.165) is 13.2 Å². The second-order valence-corrected chi connectivity index (χ2v) is 5.42. The Labute approximate surface area is 107 Å². The van der Waals surface area contributed by atoms with Gasteiger partial charge < -0.3 is 10.1 Å². The van der Waals surface area contributed by atoms with Gasteiger partial charge in [0.05, 0.1) is 6.61 Å². The molecule has 1 rings (SSSR count). The van der Waals surface area contributed by atoms with Crippen molar-refractivity contribution >= 4 is 0 Å². The van der Waals surface area contributed by atoms with Gasteiger partial charge in [-0.1, -0.05) is 19.3 Å². The summed E-state index contributed by atoms with van der Waals surface area (Å²) >= 11 is 0. The van der Waals surface area contributed by atoms with E-state index in [2.05, 4.69) is 31.1 Å². The zero-order valence-corrected chi connectivity index (χ0v) is 12.0. The van der Waals surface area contributed by atoms with E-state index in [1.165, 1.54) is 32.1 Å². The van der Waals surface area contributed by atoms with Gasteiger partial charge in [-0.25, -0.2) is 0 Å². The van der Waals surface area contributed by atoms with Crippen LogP contribution in [-0.4, -0.2) is 50.3 Å². The lowest BCUT2D eigenvalue weighted by Crippen LogP contribution is -2.52. The number of nitrogens with one attached hydrogen (secondary N) is 1. The first-order valence-corrected chi connectivity index (χ1v) is 7.12. The predicted octanol–water partition coefficient (Wildman–Crippen LogP) is 2.26. The Kier molecular flexibility index (Phi) is 7.09. The van der Waals surface area contributed by atoms with E-state index in [-0.39, 0.29) is 0 Å². The van der Waals surface area contributed by atoms with Crippen LogP contribution in [0.3, 0.4) is 0 Å². The third kappa shape index (κ3) is 4.57. The lowest BCUT2D eigenvalue weighted by Gasteiger charge is -2.38. The molecule has 1 saturated carbocycles. The van der Waals surface area contributed by atoms with Crippen molar-refractivity contribution in [2.45, 2.75) is 64.1 Å². The molecule has 0 amide bonds. The minimum Gasteiger partial charge on any atom is -0.383 e. The highest BCUT2D eigenvalue weighted by molar-refractivity contribution is 4.87. The maximum absolute atomic E-state index is 5.25. The molecule has 1 aliphatic carbocycles. The SMILES string of the molecule is CNC1CCCCCC1N(CCOC)C(C)C. The summed E-state index contributed by atoms with van der Waals surface area (Å²) in [7, 11) is 3.90. The lowest BCUT2D eigenvalue weighted by molar-refractivity contribution is 0.0756. The van der Waals surface area contributed by atoms with E-state index in [1.807, 2.05) is 0 Å². The smallest absolute Gasteiger partial charge is 0.0589 e.